The van der Waals surface area contributed by atoms with E-state index in [1.165, 1.54) is 12.1 Å². The number of benzene rings is 1. The molecule has 1 aromatic carbocycles. The Bertz CT molecular complexity index is 558. The van der Waals surface area contributed by atoms with E-state index in [0.717, 1.165) is 18.9 Å². The van der Waals surface area contributed by atoms with Crippen molar-refractivity contribution in [3.8, 4) is 0 Å². The molecule has 1 fully saturated rings. The van der Waals surface area contributed by atoms with Crippen molar-refractivity contribution in [1.82, 2.24) is 4.72 Å². The zero-order chi connectivity index (χ0) is 13.4. The van der Waals surface area contributed by atoms with E-state index in [4.69, 9.17) is 0 Å². The standard InChI is InChI=1S/C11H13BrFNO2S2/c1-17-11(4-5-11)7-14-18(15,16)8-2-3-9(12)10(13)6-8/h2-3,6,14H,4-5,7H2,1H3. The van der Waals surface area contributed by atoms with Gasteiger partial charge in [0, 0.05) is 11.3 Å². The van der Waals surface area contributed by atoms with Crippen molar-refractivity contribution in [2.45, 2.75) is 22.5 Å². The zero-order valence-electron chi connectivity index (χ0n) is 9.74. The Hall–Kier alpha value is -0.110. The van der Waals surface area contributed by atoms with Gasteiger partial charge in [-0.1, -0.05) is 0 Å². The van der Waals surface area contributed by atoms with Gasteiger partial charge in [0.15, 0.2) is 0 Å². The van der Waals surface area contributed by atoms with Crippen molar-refractivity contribution >= 4 is 37.7 Å². The maximum Gasteiger partial charge on any atom is 0.240 e. The molecular weight excluding hydrogens is 341 g/mol. The third kappa shape index (κ3) is 3.07. The predicted octanol–water partition coefficient (Wildman–Crippen LogP) is 2.76. The topological polar surface area (TPSA) is 46.2 Å². The number of sulfonamides is 1. The summed E-state index contributed by atoms with van der Waals surface area (Å²) in [5.74, 6) is -0.580. The van der Waals surface area contributed by atoms with Crippen LogP contribution in [0.5, 0.6) is 0 Å². The molecule has 0 aromatic heterocycles. The molecule has 0 bridgehead atoms. The molecule has 0 spiro atoms. The molecule has 0 atom stereocenters. The van der Waals surface area contributed by atoms with E-state index in [0.29, 0.717) is 6.54 Å². The summed E-state index contributed by atoms with van der Waals surface area (Å²) >= 11 is 4.67. The molecule has 100 valence electrons. The number of rotatable bonds is 5. The van der Waals surface area contributed by atoms with Gasteiger partial charge in [0.2, 0.25) is 10.0 Å². The fraction of sp³-hybridized carbons (Fsp3) is 0.455. The van der Waals surface area contributed by atoms with Gasteiger partial charge in [0.25, 0.3) is 0 Å². The maximum atomic E-state index is 13.3. The summed E-state index contributed by atoms with van der Waals surface area (Å²) in [6.45, 7) is 0.397. The lowest BCUT2D eigenvalue weighted by atomic mass is 10.3. The van der Waals surface area contributed by atoms with Crippen LogP contribution in [0.1, 0.15) is 12.8 Å². The lowest BCUT2D eigenvalue weighted by Gasteiger charge is -2.13. The van der Waals surface area contributed by atoms with Crippen LogP contribution in [0.2, 0.25) is 0 Å². The van der Waals surface area contributed by atoms with Crippen LogP contribution in [-0.2, 0) is 10.0 Å². The second-order valence-corrected chi connectivity index (χ2v) is 8.18. The molecule has 1 aliphatic rings. The Morgan fingerprint density at radius 1 is 1.50 bits per heavy atom. The molecule has 7 heteroatoms. The van der Waals surface area contributed by atoms with E-state index in [2.05, 4.69) is 20.7 Å². The van der Waals surface area contributed by atoms with Crippen LogP contribution in [0.25, 0.3) is 0 Å². The van der Waals surface area contributed by atoms with E-state index < -0.39 is 15.8 Å². The first-order chi connectivity index (χ1) is 8.38. The van der Waals surface area contributed by atoms with Crippen molar-refractivity contribution in [3.05, 3.63) is 28.5 Å². The molecule has 2 rings (SSSR count). The minimum Gasteiger partial charge on any atom is -0.210 e. The summed E-state index contributed by atoms with van der Waals surface area (Å²) in [4.78, 5) is -0.0416. The fourth-order valence-electron chi connectivity index (χ4n) is 1.55. The van der Waals surface area contributed by atoms with Crippen molar-refractivity contribution in [1.29, 1.82) is 0 Å². The Balaban J connectivity index is 2.13. The van der Waals surface area contributed by atoms with Gasteiger partial charge in [0.05, 0.1) is 9.37 Å². The number of hydrogen-bond donors (Lipinski definition) is 1. The molecule has 0 amide bonds. The largest absolute Gasteiger partial charge is 0.240 e. The number of nitrogens with one attached hydrogen (secondary N) is 1. The molecule has 1 aromatic rings. The lowest BCUT2D eigenvalue weighted by molar-refractivity contribution is 0.575. The molecule has 1 saturated carbocycles. The number of thioether (sulfide) groups is 1. The Labute approximate surface area is 119 Å². The highest BCUT2D eigenvalue weighted by molar-refractivity contribution is 9.10. The first-order valence-electron chi connectivity index (χ1n) is 5.38. The van der Waals surface area contributed by atoms with Crippen LogP contribution < -0.4 is 4.72 Å². The smallest absolute Gasteiger partial charge is 0.210 e. The summed E-state index contributed by atoms with van der Waals surface area (Å²) in [5.41, 5.74) is 0. The summed E-state index contributed by atoms with van der Waals surface area (Å²) in [6.07, 6.45) is 4.01. The molecule has 1 N–H and O–H groups in total. The van der Waals surface area contributed by atoms with E-state index >= 15 is 0 Å². The van der Waals surface area contributed by atoms with Crippen molar-refractivity contribution in [3.63, 3.8) is 0 Å². The van der Waals surface area contributed by atoms with E-state index in [1.54, 1.807) is 11.8 Å². The van der Waals surface area contributed by atoms with Gasteiger partial charge < -0.3 is 0 Å². The minimum atomic E-state index is -3.63. The Morgan fingerprint density at radius 3 is 2.67 bits per heavy atom. The zero-order valence-corrected chi connectivity index (χ0v) is 13.0. The summed E-state index contributed by atoms with van der Waals surface area (Å²) in [7, 11) is -3.63. The highest BCUT2D eigenvalue weighted by atomic mass is 79.9. The van der Waals surface area contributed by atoms with Crippen molar-refractivity contribution in [2.24, 2.45) is 0 Å². The first kappa shape index (κ1) is 14.3. The molecule has 0 radical (unpaired) electrons. The maximum absolute atomic E-state index is 13.3. The van der Waals surface area contributed by atoms with Crippen molar-refractivity contribution in [2.75, 3.05) is 12.8 Å². The second kappa shape index (κ2) is 5.11. The Kier molecular flexibility index (Phi) is 4.06. The average Bonchev–Trinajstić information content (AvgIpc) is 3.11. The van der Waals surface area contributed by atoms with Crippen LogP contribution in [-0.4, -0.2) is 26.0 Å². The molecule has 1 aliphatic carbocycles. The molecule has 18 heavy (non-hydrogen) atoms. The van der Waals surface area contributed by atoms with Crippen LogP contribution >= 0.6 is 27.7 Å². The average molecular weight is 354 g/mol. The van der Waals surface area contributed by atoms with E-state index in [-0.39, 0.29) is 14.1 Å². The van der Waals surface area contributed by atoms with Crippen LogP contribution in [0.15, 0.2) is 27.6 Å². The van der Waals surface area contributed by atoms with Gasteiger partial charge in [-0.3, -0.25) is 0 Å². The van der Waals surface area contributed by atoms with Crippen molar-refractivity contribution < 1.29 is 12.8 Å². The quantitative estimate of drug-likeness (QED) is 0.885. The van der Waals surface area contributed by atoms with Gasteiger partial charge in [-0.05, 0) is 53.2 Å². The summed E-state index contributed by atoms with van der Waals surface area (Å²) in [5, 5.41) is 0. The summed E-state index contributed by atoms with van der Waals surface area (Å²) < 4.78 is 40.1. The third-order valence-electron chi connectivity index (χ3n) is 3.03. The summed E-state index contributed by atoms with van der Waals surface area (Å²) in [6, 6.07) is 3.80. The normalized spacial score (nSPS) is 17.7. The highest BCUT2D eigenvalue weighted by Gasteiger charge is 2.42. The fourth-order valence-corrected chi connectivity index (χ4v) is 3.75. The van der Waals surface area contributed by atoms with E-state index in [1.807, 2.05) is 6.26 Å². The molecule has 0 unspecified atom stereocenters. The molecule has 0 heterocycles. The minimum absolute atomic E-state index is 0.0416. The van der Waals surface area contributed by atoms with Crippen LogP contribution in [0.4, 0.5) is 4.39 Å². The molecule has 3 nitrogen and oxygen atoms in total. The van der Waals surface area contributed by atoms with Gasteiger partial charge in [-0.2, -0.15) is 11.8 Å². The SMILES string of the molecule is CSC1(CNS(=O)(=O)c2ccc(Br)c(F)c2)CC1. The second-order valence-electron chi connectivity index (χ2n) is 4.29. The molecular formula is C11H13BrFNO2S2. The number of hydrogen-bond acceptors (Lipinski definition) is 3. The Morgan fingerprint density at radius 2 is 2.17 bits per heavy atom. The van der Waals surface area contributed by atoms with E-state index in [9.17, 15) is 12.8 Å². The van der Waals surface area contributed by atoms with Crippen LogP contribution in [0.3, 0.4) is 0 Å². The number of halogens is 2. The lowest BCUT2D eigenvalue weighted by Crippen LogP contribution is -2.31. The third-order valence-corrected chi connectivity index (χ3v) is 6.49. The molecule has 0 saturated heterocycles. The first-order valence-corrected chi connectivity index (χ1v) is 8.89. The van der Waals surface area contributed by atoms with Gasteiger partial charge in [0.1, 0.15) is 5.82 Å². The van der Waals surface area contributed by atoms with Gasteiger partial charge in [-0.15, -0.1) is 0 Å². The van der Waals surface area contributed by atoms with Crippen LogP contribution in [0, 0.1) is 5.82 Å². The monoisotopic (exact) mass is 353 g/mol. The highest BCUT2D eigenvalue weighted by Crippen LogP contribution is 2.46. The van der Waals surface area contributed by atoms with Gasteiger partial charge in [-0.25, -0.2) is 17.5 Å². The van der Waals surface area contributed by atoms with Gasteiger partial charge >= 0.3 is 0 Å². The molecule has 0 aliphatic heterocycles. The predicted molar refractivity (Wildman–Crippen MR) is 74.8 cm³/mol.